The Labute approximate surface area is 190 Å². The Bertz CT molecular complexity index is 812. The molecule has 0 aromatic rings. The van der Waals surface area contributed by atoms with Gasteiger partial charge in [-0.3, -0.25) is 9.59 Å². The SMILES string of the molecule is CC1CC[C@]2(C)CC[C@]3(C)[C@H](CC(=O)[C@@H]4[C@@]5(C)CCC(=O)C(C)(C)C5CC[C@]43C)[C@H]2C1. The molecule has 174 valence electrons. The molecule has 5 fully saturated rings. The van der Waals surface area contributed by atoms with Gasteiger partial charge in [-0.25, -0.2) is 0 Å². The zero-order valence-corrected chi connectivity index (χ0v) is 21.3. The van der Waals surface area contributed by atoms with E-state index in [0.717, 1.165) is 31.6 Å². The standard InChI is InChI=1S/C29H46O2/c1-18-8-11-26(4)14-15-28(6)20(19(26)16-18)17-21(30)24-27(5)12-10-23(31)25(2,3)22(27)9-13-29(24,28)7/h18-20,22,24H,8-17H2,1-7H3/t18?,19-,20-,22?,24-,26-,27+,28-,29-/m1/s1. The highest BCUT2D eigenvalue weighted by molar-refractivity contribution is 5.88. The summed E-state index contributed by atoms with van der Waals surface area (Å²) < 4.78 is 0. The number of hydrogen-bond donors (Lipinski definition) is 0. The molecular weight excluding hydrogens is 380 g/mol. The van der Waals surface area contributed by atoms with Gasteiger partial charge in [-0.1, -0.05) is 54.9 Å². The minimum atomic E-state index is -0.281. The summed E-state index contributed by atoms with van der Waals surface area (Å²) in [6, 6.07) is 0. The quantitative estimate of drug-likeness (QED) is 0.409. The van der Waals surface area contributed by atoms with Gasteiger partial charge < -0.3 is 0 Å². The number of Topliss-reactive ketones (excluding diaryl/α,β-unsaturated/α-hetero) is 2. The van der Waals surface area contributed by atoms with E-state index in [4.69, 9.17) is 0 Å². The Hall–Kier alpha value is -0.660. The first-order valence-electron chi connectivity index (χ1n) is 13.4. The molecule has 0 N–H and O–H groups in total. The number of ketones is 2. The van der Waals surface area contributed by atoms with Crippen molar-refractivity contribution in [1.82, 2.24) is 0 Å². The molecule has 2 heteroatoms. The molecule has 0 heterocycles. The normalized spacial score (nSPS) is 56.2. The smallest absolute Gasteiger partial charge is 0.138 e. The third-order valence-electron chi connectivity index (χ3n) is 12.9. The van der Waals surface area contributed by atoms with Crippen LogP contribution in [0.15, 0.2) is 0 Å². The first kappa shape index (κ1) is 22.1. The van der Waals surface area contributed by atoms with Crippen LogP contribution in [-0.2, 0) is 9.59 Å². The number of hydrogen-bond acceptors (Lipinski definition) is 2. The van der Waals surface area contributed by atoms with Crippen molar-refractivity contribution < 1.29 is 9.59 Å². The molecule has 0 aliphatic heterocycles. The maximum atomic E-state index is 14.2. The zero-order valence-electron chi connectivity index (χ0n) is 21.3. The molecule has 0 amide bonds. The second-order valence-electron chi connectivity index (χ2n) is 14.4. The summed E-state index contributed by atoms with van der Waals surface area (Å²) in [5, 5.41) is 0. The number of rotatable bonds is 0. The molecule has 0 spiro atoms. The maximum Gasteiger partial charge on any atom is 0.138 e. The summed E-state index contributed by atoms with van der Waals surface area (Å²) in [5.74, 6) is 3.55. The van der Waals surface area contributed by atoms with Crippen molar-refractivity contribution in [1.29, 1.82) is 0 Å². The predicted molar refractivity (Wildman–Crippen MR) is 126 cm³/mol. The summed E-state index contributed by atoms with van der Waals surface area (Å²) in [7, 11) is 0. The highest BCUT2D eigenvalue weighted by Crippen LogP contribution is 2.75. The van der Waals surface area contributed by atoms with Gasteiger partial charge in [0, 0.05) is 24.2 Å². The van der Waals surface area contributed by atoms with E-state index in [-0.39, 0.29) is 27.6 Å². The largest absolute Gasteiger partial charge is 0.299 e. The van der Waals surface area contributed by atoms with Gasteiger partial charge in [0.15, 0.2) is 0 Å². The lowest BCUT2D eigenvalue weighted by Gasteiger charge is -2.72. The summed E-state index contributed by atoms with van der Waals surface area (Å²) >= 11 is 0. The minimum Gasteiger partial charge on any atom is -0.299 e. The van der Waals surface area contributed by atoms with Crippen molar-refractivity contribution in [3.8, 4) is 0 Å². The average Bonchev–Trinajstić information content (AvgIpc) is 2.68. The molecule has 5 aliphatic rings. The van der Waals surface area contributed by atoms with Crippen molar-refractivity contribution in [2.75, 3.05) is 0 Å². The Morgan fingerprint density at radius 2 is 1.48 bits per heavy atom. The number of fused-ring (bicyclic) bond motifs is 7. The fourth-order valence-electron chi connectivity index (χ4n) is 10.7. The van der Waals surface area contributed by atoms with Crippen molar-refractivity contribution in [3.05, 3.63) is 0 Å². The maximum absolute atomic E-state index is 14.2. The zero-order chi connectivity index (χ0) is 22.6. The van der Waals surface area contributed by atoms with E-state index in [1.807, 2.05) is 0 Å². The lowest BCUT2D eigenvalue weighted by atomic mass is 9.31. The summed E-state index contributed by atoms with van der Waals surface area (Å²) in [6.45, 7) is 16.9. The lowest BCUT2D eigenvalue weighted by Crippen LogP contribution is -2.68. The highest BCUT2D eigenvalue weighted by atomic mass is 16.1. The second-order valence-corrected chi connectivity index (χ2v) is 14.4. The molecule has 0 aromatic carbocycles. The molecule has 0 aromatic heterocycles. The van der Waals surface area contributed by atoms with Crippen LogP contribution >= 0.6 is 0 Å². The van der Waals surface area contributed by atoms with Gasteiger partial charge in [0.05, 0.1) is 0 Å². The summed E-state index contributed by atoms with van der Waals surface area (Å²) in [5.41, 5.74) is 0.482. The Morgan fingerprint density at radius 1 is 0.774 bits per heavy atom. The van der Waals surface area contributed by atoms with Crippen molar-refractivity contribution >= 4 is 11.6 Å². The molecule has 31 heavy (non-hydrogen) atoms. The average molecular weight is 427 g/mol. The molecule has 2 unspecified atom stereocenters. The van der Waals surface area contributed by atoms with Gasteiger partial charge in [0.1, 0.15) is 11.6 Å². The molecule has 0 bridgehead atoms. The van der Waals surface area contributed by atoms with Crippen LogP contribution in [-0.4, -0.2) is 11.6 Å². The highest BCUT2D eigenvalue weighted by Gasteiger charge is 2.71. The van der Waals surface area contributed by atoms with E-state index >= 15 is 0 Å². The molecule has 5 rings (SSSR count). The van der Waals surface area contributed by atoms with Gasteiger partial charge in [0.2, 0.25) is 0 Å². The van der Waals surface area contributed by atoms with Crippen LogP contribution < -0.4 is 0 Å². The van der Waals surface area contributed by atoms with E-state index in [1.165, 1.54) is 32.1 Å². The van der Waals surface area contributed by atoms with Gasteiger partial charge in [-0.15, -0.1) is 0 Å². The Balaban J connectivity index is 1.58. The minimum absolute atomic E-state index is 0.0178. The lowest BCUT2D eigenvalue weighted by molar-refractivity contribution is -0.229. The van der Waals surface area contributed by atoms with Crippen LogP contribution in [0.5, 0.6) is 0 Å². The van der Waals surface area contributed by atoms with Crippen LogP contribution in [0.25, 0.3) is 0 Å². The van der Waals surface area contributed by atoms with Crippen LogP contribution in [0.3, 0.4) is 0 Å². The van der Waals surface area contributed by atoms with Crippen molar-refractivity contribution in [2.24, 2.45) is 56.7 Å². The van der Waals surface area contributed by atoms with Crippen LogP contribution in [0, 0.1) is 56.7 Å². The Kier molecular flexibility index (Phi) is 4.62. The van der Waals surface area contributed by atoms with Crippen LogP contribution in [0.1, 0.15) is 113 Å². The molecule has 9 atom stereocenters. The topological polar surface area (TPSA) is 34.1 Å². The van der Waals surface area contributed by atoms with Gasteiger partial charge in [-0.05, 0) is 90.3 Å². The predicted octanol–water partition coefficient (Wildman–Crippen LogP) is 7.25. The third kappa shape index (κ3) is 2.63. The van der Waals surface area contributed by atoms with Gasteiger partial charge in [0.25, 0.3) is 0 Å². The van der Waals surface area contributed by atoms with E-state index in [1.54, 1.807) is 0 Å². The molecule has 5 aliphatic carbocycles. The van der Waals surface area contributed by atoms with E-state index in [0.29, 0.717) is 41.2 Å². The monoisotopic (exact) mass is 426 g/mol. The molecular formula is C29H46O2. The van der Waals surface area contributed by atoms with Crippen LogP contribution in [0.4, 0.5) is 0 Å². The summed E-state index contributed by atoms with van der Waals surface area (Å²) in [6.07, 6.45) is 11.3. The van der Waals surface area contributed by atoms with E-state index in [2.05, 4.69) is 48.5 Å². The third-order valence-corrected chi connectivity index (χ3v) is 12.9. The van der Waals surface area contributed by atoms with Crippen LogP contribution in [0.2, 0.25) is 0 Å². The Morgan fingerprint density at radius 3 is 2.19 bits per heavy atom. The second kappa shape index (κ2) is 6.47. The van der Waals surface area contributed by atoms with Crippen molar-refractivity contribution in [2.45, 2.75) is 113 Å². The van der Waals surface area contributed by atoms with E-state index in [9.17, 15) is 9.59 Å². The van der Waals surface area contributed by atoms with E-state index < -0.39 is 0 Å². The number of carbonyl (C=O) groups is 2. The first-order chi connectivity index (χ1) is 14.3. The van der Waals surface area contributed by atoms with Crippen molar-refractivity contribution in [3.63, 3.8) is 0 Å². The fourth-order valence-corrected chi connectivity index (χ4v) is 10.7. The molecule has 2 nitrogen and oxygen atoms in total. The molecule has 0 saturated heterocycles. The molecule has 5 saturated carbocycles. The van der Waals surface area contributed by atoms with Gasteiger partial charge >= 0.3 is 0 Å². The fraction of sp³-hybridized carbons (Fsp3) is 0.931. The molecule has 0 radical (unpaired) electrons. The number of carbonyl (C=O) groups excluding carboxylic acids is 2. The first-order valence-corrected chi connectivity index (χ1v) is 13.4. The van der Waals surface area contributed by atoms with Gasteiger partial charge in [-0.2, -0.15) is 0 Å². The summed E-state index contributed by atoms with van der Waals surface area (Å²) in [4.78, 5) is 27.0.